The Morgan fingerprint density at radius 3 is 2.59 bits per heavy atom. The summed E-state index contributed by atoms with van der Waals surface area (Å²) in [5.74, 6) is 0.961. The minimum atomic E-state index is 0.130. The first-order chi connectivity index (χ1) is 8.15. The average Bonchev–Trinajstić information content (AvgIpc) is 2.28. The Kier molecular flexibility index (Phi) is 3.58. The third kappa shape index (κ3) is 3.17. The second-order valence-corrected chi connectivity index (χ2v) is 4.53. The number of hydrogen-bond acceptors (Lipinski definition) is 4. The lowest BCUT2D eigenvalue weighted by Crippen LogP contribution is -2.10. The molecule has 0 aliphatic carbocycles. The molecule has 0 saturated carbocycles. The molecule has 1 aromatic carbocycles. The summed E-state index contributed by atoms with van der Waals surface area (Å²) >= 11 is 3.29. The van der Waals surface area contributed by atoms with Gasteiger partial charge >= 0.3 is 0 Å². The first kappa shape index (κ1) is 11.9. The predicted molar refractivity (Wildman–Crippen MR) is 72.6 cm³/mol. The lowest BCUT2D eigenvalue weighted by atomic mass is 10.1. The van der Waals surface area contributed by atoms with Gasteiger partial charge in [-0.1, -0.05) is 30.3 Å². The molecule has 1 heterocycles. The van der Waals surface area contributed by atoms with Gasteiger partial charge in [0.25, 0.3) is 0 Å². The maximum Gasteiger partial charge on any atom is 0.226 e. The third-order valence-electron chi connectivity index (χ3n) is 2.36. The molecule has 3 N–H and O–H groups in total. The predicted octanol–water partition coefficient (Wildman–Crippen LogP) is 2.99. The molecule has 17 heavy (non-hydrogen) atoms. The average molecular weight is 293 g/mol. The Labute approximate surface area is 108 Å². The van der Waals surface area contributed by atoms with Crippen LogP contribution in [0, 0.1) is 0 Å². The van der Waals surface area contributed by atoms with Crippen LogP contribution in [0.2, 0.25) is 0 Å². The summed E-state index contributed by atoms with van der Waals surface area (Å²) in [7, 11) is 0. The molecule has 88 valence electrons. The van der Waals surface area contributed by atoms with Gasteiger partial charge in [0.1, 0.15) is 10.4 Å². The van der Waals surface area contributed by atoms with Crippen molar-refractivity contribution in [2.24, 2.45) is 0 Å². The molecule has 0 bridgehead atoms. The van der Waals surface area contributed by atoms with Gasteiger partial charge in [0.2, 0.25) is 5.95 Å². The minimum absolute atomic E-state index is 0.130. The Morgan fingerprint density at radius 1 is 1.24 bits per heavy atom. The van der Waals surface area contributed by atoms with Crippen molar-refractivity contribution < 1.29 is 0 Å². The highest BCUT2D eigenvalue weighted by Gasteiger charge is 2.07. The molecular weight excluding hydrogens is 280 g/mol. The monoisotopic (exact) mass is 292 g/mol. The normalized spacial score (nSPS) is 12.1. The molecule has 0 radical (unpaired) electrons. The first-order valence-electron chi connectivity index (χ1n) is 5.26. The van der Waals surface area contributed by atoms with Crippen LogP contribution < -0.4 is 11.1 Å². The number of aromatic nitrogens is 2. The van der Waals surface area contributed by atoms with Crippen molar-refractivity contribution in [3.8, 4) is 0 Å². The number of rotatable bonds is 3. The molecule has 5 heteroatoms. The molecule has 0 spiro atoms. The highest BCUT2D eigenvalue weighted by molar-refractivity contribution is 9.10. The summed E-state index contributed by atoms with van der Waals surface area (Å²) < 4.78 is 0.674. The van der Waals surface area contributed by atoms with Crippen LogP contribution in [0.3, 0.4) is 0 Å². The molecule has 0 amide bonds. The van der Waals surface area contributed by atoms with Gasteiger partial charge in [-0.15, -0.1) is 0 Å². The van der Waals surface area contributed by atoms with Crippen LogP contribution in [-0.2, 0) is 0 Å². The summed E-state index contributed by atoms with van der Waals surface area (Å²) in [6.07, 6.45) is 0. The fraction of sp³-hybridized carbons (Fsp3) is 0.167. The summed E-state index contributed by atoms with van der Waals surface area (Å²) in [6.45, 7) is 2.05. The lowest BCUT2D eigenvalue weighted by molar-refractivity contribution is 0.859. The van der Waals surface area contributed by atoms with Crippen molar-refractivity contribution >= 4 is 27.7 Å². The minimum Gasteiger partial charge on any atom is -0.383 e. The zero-order valence-electron chi connectivity index (χ0n) is 9.39. The molecule has 2 aromatic rings. The van der Waals surface area contributed by atoms with Gasteiger partial charge in [0.05, 0.1) is 6.04 Å². The van der Waals surface area contributed by atoms with Crippen LogP contribution in [0.15, 0.2) is 41.0 Å². The Hall–Kier alpha value is -1.62. The molecule has 0 saturated heterocycles. The highest BCUT2D eigenvalue weighted by Crippen LogP contribution is 2.18. The molecule has 4 nitrogen and oxygen atoms in total. The van der Waals surface area contributed by atoms with E-state index >= 15 is 0 Å². The maximum absolute atomic E-state index is 5.65. The van der Waals surface area contributed by atoms with E-state index in [1.54, 1.807) is 6.07 Å². The number of anilines is 2. The molecule has 0 aliphatic rings. The van der Waals surface area contributed by atoms with E-state index in [0.29, 0.717) is 16.4 Å². The van der Waals surface area contributed by atoms with Crippen LogP contribution in [0.4, 0.5) is 11.8 Å². The number of nitrogens with zero attached hydrogens (tertiary/aromatic N) is 2. The number of halogens is 1. The largest absolute Gasteiger partial charge is 0.383 e. The van der Waals surface area contributed by atoms with Crippen molar-refractivity contribution in [1.82, 2.24) is 9.97 Å². The van der Waals surface area contributed by atoms with Crippen LogP contribution in [0.25, 0.3) is 0 Å². The molecule has 1 unspecified atom stereocenters. The van der Waals surface area contributed by atoms with Crippen molar-refractivity contribution in [2.45, 2.75) is 13.0 Å². The summed E-state index contributed by atoms with van der Waals surface area (Å²) in [5.41, 5.74) is 6.83. The fourth-order valence-electron chi connectivity index (χ4n) is 1.52. The second kappa shape index (κ2) is 5.14. The van der Waals surface area contributed by atoms with E-state index in [0.717, 1.165) is 0 Å². The van der Waals surface area contributed by atoms with E-state index in [1.807, 2.05) is 18.2 Å². The fourth-order valence-corrected chi connectivity index (χ4v) is 1.92. The second-order valence-electron chi connectivity index (χ2n) is 3.72. The Bertz CT molecular complexity index is 481. The van der Waals surface area contributed by atoms with Crippen molar-refractivity contribution in [1.29, 1.82) is 0 Å². The molecule has 0 fully saturated rings. The third-order valence-corrected chi connectivity index (χ3v) is 2.77. The van der Waals surface area contributed by atoms with Gasteiger partial charge in [-0.3, -0.25) is 0 Å². The summed E-state index contributed by atoms with van der Waals surface area (Å²) in [5, 5.41) is 3.21. The van der Waals surface area contributed by atoms with Crippen molar-refractivity contribution in [3.05, 3.63) is 46.6 Å². The Morgan fingerprint density at radius 2 is 1.94 bits per heavy atom. The van der Waals surface area contributed by atoms with E-state index in [2.05, 4.69) is 50.3 Å². The lowest BCUT2D eigenvalue weighted by Gasteiger charge is -2.14. The highest BCUT2D eigenvalue weighted by atomic mass is 79.9. The standard InChI is InChI=1S/C12H13BrN4/c1-8(9-5-3-2-4-6-9)15-12-16-10(13)7-11(14)17-12/h2-8H,1H3,(H3,14,15,16,17). The molecule has 2 rings (SSSR count). The van der Waals surface area contributed by atoms with Crippen LogP contribution >= 0.6 is 15.9 Å². The van der Waals surface area contributed by atoms with Crippen LogP contribution in [0.5, 0.6) is 0 Å². The number of hydrogen-bond donors (Lipinski definition) is 2. The van der Waals surface area contributed by atoms with Gasteiger partial charge in [0, 0.05) is 6.07 Å². The van der Waals surface area contributed by atoms with E-state index in [9.17, 15) is 0 Å². The van der Waals surface area contributed by atoms with Gasteiger partial charge in [0.15, 0.2) is 0 Å². The van der Waals surface area contributed by atoms with Gasteiger partial charge < -0.3 is 11.1 Å². The molecular formula is C12H13BrN4. The smallest absolute Gasteiger partial charge is 0.226 e. The SMILES string of the molecule is CC(Nc1nc(N)cc(Br)n1)c1ccccc1. The summed E-state index contributed by atoms with van der Waals surface area (Å²) in [6, 6.07) is 11.9. The number of nitrogens with two attached hydrogens (primary N) is 1. The topological polar surface area (TPSA) is 63.8 Å². The zero-order chi connectivity index (χ0) is 12.3. The maximum atomic E-state index is 5.65. The molecule has 1 atom stereocenters. The van der Waals surface area contributed by atoms with Gasteiger partial charge in [-0.2, -0.15) is 4.98 Å². The first-order valence-corrected chi connectivity index (χ1v) is 6.06. The van der Waals surface area contributed by atoms with E-state index in [-0.39, 0.29) is 6.04 Å². The zero-order valence-corrected chi connectivity index (χ0v) is 11.0. The van der Waals surface area contributed by atoms with E-state index < -0.39 is 0 Å². The van der Waals surface area contributed by atoms with E-state index in [1.165, 1.54) is 5.56 Å². The van der Waals surface area contributed by atoms with E-state index in [4.69, 9.17) is 5.73 Å². The van der Waals surface area contributed by atoms with Gasteiger partial charge in [-0.25, -0.2) is 4.98 Å². The van der Waals surface area contributed by atoms with Crippen molar-refractivity contribution in [2.75, 3.05) is 11.1 Å². The molecule has 0 aliphatic heterocycles. The summed E-state index contributed by atoms with van der Waals surface area (Å²) in [4.78, 5) is 8.34. The Balaban J connectivity index is 2.16. The number of nitrogens with one attached hydrogen (secondary N) is 1. The number of benzene rings is 1. The molecule has 1 aromatic heterocycles. The quantitative estimate of drug-likeness (QED) is 0.854. The van der Waals surface area contributed by atoms with Gasteiger partial charge in [-0.05, 0) is 28.4 Å². The number of nitrogen functional groups attached to an aromatic ring is 1. The van der Waals surface area contributed by atoms with Crippen LogP contribution in [-0.4, -0.2) is 9.97 Å². The van der Waals surface area contributed by atoms with Crippen molar-refractivity contribution in [3.63, 3.8) is 0 Å². The van der Waals surface area contributed by atoms with Crippen LogP contribution in [0.1, 0.15) is 18.5 Å².